The first-order valence-electron chi connectivity index (χ1n) is 13.8. The summed E-state index contributed by atoms with van der Waals surface area (Å²) in [5.41, 5.74) is 15.3. The van der Waals surface area contributed by atoms with Gasteiger partial charge in [0, 0.05) is 50.1 Å². The van der Waals surface area contributed by atoms with Crippen molar-refractivity contribution in [3.05, 3.63) is 125 Å². The van der Waals surface area contributed by atoms with E-state index < -0.39 is 0 Å². The molecular weight excluding hydrogens is 480 g/mol. The highest BCUT2D eigenvalue weighted by Crippen LogP contribution is 2.36. The third-order valence-electron chi connectivity index (χ3n) is 6.75. The van der Waals surface area contributed by atoms with E-state index in [9.17, 15) is 0 Å². The molecule has 2 aliphatic heterocycles. The van der Waals surface area contributed by atoms with Gasteiger partial charge >= 0.3 is 0 Å². The van der Waals surface area contributed by atoms with Gasteiger partial charge in [-0.1, -0.05) is 84.5 Å². The molecule has 0 radical (unpaired) electrons. The molecule has 2 aromatic carbocycles. The van der Waals surface area contributed by atoms with Gasteiger partial charge in [-0.25, -0.2) is 20.9 Å². The second kappa shape index (κ2) is 14.6. The number of aliphatic imine (C=N–C) groups is 1. The van der Waals surface area contributed by atoms with Crippen LogP contribution in [0.1, 0.15) is 36.0 Å². The number of hydrazine groups is 2. The van der Waals surface area contributed by atoms with Crippen molar-refractivity contribution in [3.63, 3.8) is 0 Å². The molecule has 0 amide bonds. The van der Waals surface area contributed by atoms with E-state index in [4.69, 9.17) is 4.99 Å². The number of aryl methyl sites for hydroxylation is 2. The van der Waals surface area contributed by atoms with Crippen molar-refractivity contribution in [3.8, 4) is 0 Å². The highest BCUT2D eigenvalue weighted by Gasteiger charge is 2.30. The van der Waals surface area contributed by atoms with E-state index in [-0.39, 0.29) is 0 Å². The van der Waals surface area contributed by atoms with Gasteiger partial charge in [-0.2, -0.15) is 0 Å². The van der Waals surface area contributed by atoms with Gasteiger partial charge in [0.05, 0.1) is 12.4 Å². The summed E-state index contributed by atoms with van der Waals surface area (Å²) in [6, 6.07) is 19.5. The minimum atomic E-state index is 0.697. The standard InChI is InChI=1S/C33H42N6/c1-5-6-16-28(17-12-8-11-15-27-13-9-7-10-14-27)31-24-35-33-30(22-34-25-37-38(3)4)23-36-39(33)32(31)29-20-18-26(2)19-21-29/h5,7,9-10,12-14,16-21,24,34,36-37H,1,6,8,11,15,22-23,25H2,2-4H3/b17-12-,28-16+. The summed E-state index contributed by atoms with van der Waals surface area (Å²) in [6.45, 7) is 8.29. The number of benzene rings is 2. The van der Waals surface area contributed by atoms with Gasteiger partial charge < -0.3 is 0 Å². The molecule has 0 saturated heterocycles. The first-order chi connectivity index (χ1) is 19.1. The van der Waals surface area contributed by atoms with Gasteiger partial charge in [0.2, 0.25) is 0 Å². The van der Waals surface area contributed by atoms with Crippen LogP contribution in [0.3, 0.4) is 0 Å². The van der Waals surface area contributed by atoms with E-state index in [0.29, 0.717) is 6.67 Å². The minimum absolute atomic E-state index is 0.697. The maximum atomic E-state index is 4.96. The van der Waals surface area contributed by atoms with E-state index >= 15 is 0 Å². The lowest BCUT2D eigenvalue weighted by Crippen LogP contribution is -2.39. The van der Waals surface area contributed by atoms with Gasteiger partial charge in [0.15, 0.2) is 0 Å². The molecule has 0 aromatic heterocycles. The Morgan fingerprint density at radius 3 is 2.67 bits per heavy atom. The number of fused-ring (bicyclic) bond motifs is 1. The molecule has 39 heavy (non-hydrogen) atoms. The van der Waals surface area contributed by atoms with E-state index in [2.05, 4.69) is 108 Å². The van der Waals surface area contributed by atoms with E-state index in [0.717, 1.165) is 67.0 Å². The first kappa shape index (κ1) is 28.5. The highest BCUT2D eigenvalue weighted by atomic mass is 15.6. The summed E-state index contributed by atoms with van der Waals surface area (Å²) in [5, 5.41) is 7.58. The predicted molar refractivity (Wildman–Crippen MR) is 165 cm³/mol. The smallest absolute Gasteiger partial charge is 0.149 e. The molecule has 2 aliphatic rings. The fraction of sp³-hybridized carbons (Fsp3) is 0.303. The van der Waals surface area contributed by atoms with Gasteiger partial charge in [-0.15, -0.1) is 6.58 Å². The van der Waals surface area contributed by atoms with Crippen molar-refractivity contribution >= 4 is 11.9 Å². The molecule has 0 bridgehead atoms. The number of nitrogens with one attached hydrogen (secondary N) is 3. The largest absolute Gasteiger partial charge is 0.299 e. The van der Waals surface area contributed by atoms with Crippen molar-refractivity contribution in [1.82, 2.24) is 26.2 Å². The van der Waals surface area contributed by atoms with Gasteiger partial charge in [0.1, 0.15) is 5.82 Å². The molecule has 4 rings (SSSR count). The Kier molecular flexibility index (Phi) is 10.6. The fourth-order valence-electron chi connectivity index (χ4n) is 4.66. The van der Waals surface area contributed by atoms with E-state index in [1.54, 1.807) is 0 Å². The van der Waals surface area contributed by atoms with Crippen LogP contribution in [0.15, 0.2) is 113 Å². The summed E-state index contributed by atoms with van der Waals surface area (Å²) < 4.78 is 0. The Morgan fingerprint density at radius 1 is 1.13 bits per heavy atom. The van der Waals surface area contributed by atoms with Crippen LogP contribution >= 0.6 is 0 Å². The molecule has 2 aromatic rings. The van der Waals surface area contributed by atoms with Gasteiger partial charge in [0.25, 0.3) is 0 Å². The van der Waals surface area contributed by atoms with Gasteiger partial charge in [-0.3, -0.25) is 10.3 Å². The number of unbranched alkanes of at least 4 members (excludes halogenated alkanes) is 1. The Labute approximate surface area is 234 Å². The lowest BCUT2D eigenvalue weighted by molar-refractivity contribution is 0.279. The predicted octanol–water partition coefficient (Wildman–Crippen LogP) is 5.52. The van der Waals surface area contributed by atoms with Crippen LogP contribution in [-0.4, -0.2) is 50.1 Å². The minimum Gasteiger partial charge on any atom is -0.299 e. The van der Waals surface area contributed by atoms with Gasteiger partial charge in [-0.05, 0) is 43.7 Å². The number of allylic oxidation sites excluding steroid dienone is 6. The molecule has 0 spiro atoms. The van der Waals surface area contributed by atoms with Crippen molar-refractivity contribution in [2.45, 2.75) is 32.6 Å². The Hall–Kier alpha value is -3.55. The summed E-state index contributed by atoms with van der Waals surface area (Å²) in [7, 11) is 3.98. The summed E-state index contributed by atoms with van der Waals surface area (Å²) in [5.74, 6) is 0.974. The normalized spacial score (nSPS) is 15.7. The molecular formula is C33H42N6. The van der Waals surface area contributed by atoms with Crippen LogP contribution in [0.25, 0.3) is 5.70 Å². The molecule has 3 N–H and O–H groups in total. The van der Waals surface area contributed by atoms with Crippen LogP contribution in [0.2, 0.25) is 0 Å². The molecule has 0 saturated carbocycles. The highest BCUT2D eigenvalue weighted by molar-refractivity contribution is 5.99. The maximum Gasteiger partial charge on any atom is 0.149 e. The molecule has 204 valence electrons. The number of hydrogen-bond acceptors (Lipinski definition) is 6. The van der Waals surface area contributed by atoms with Crippen LogP contribution in [0.5, 0.6) is 0 Å². The average molecular weight is 523 g/mol. The monoisotopic (exact) mass is 522 g/mol. The zero-order chi connectivity index (χ0) is 27.5. The average Bonchev–Trinajstić information content (AvgIpc) is 3.36. The van der Waals surface area contributed by atoms with Crippen molar-refractivity contribution in [1.29, 1.82) is 0 Å². The lowest BCUT2D eigenvalue weighted by Gasteiger charge is -2.29. The van der Waals surface area contributed by atoms with Crippen molar-refractivity contribution in [2.75, 3.05) is 33.9 Å². The maximum absolute atomic E-state index is 4.96. The molecule has 0 fully saturated rings. The lowest BCUT2D eigenvalue weighted by atomic mass is 9.96. The number of nitrogens with zero attached hydrogens (tertiary/aromatic N) is 3. The van der Waals surface area contributed by atoms with Crippen LogP contribution in [0.4, 0.5) is 0 Å². The van der Waals surface area contributed by atoms with Crippen molar-refractivity contribution < 1.29 is 0 Å². The Balaban J connectivity index is 1.59. The van der Waals surface area contributed by atoms with Crippen LogP contribution in [-0.2, 0) is 6.42 Å². The topological polar surface area (TPSA) is 54.9 Å². The fourth-order valence-corrected chi connectivity index (χ4v) is 4.66. The van der Waals surface area contributed by atoms with E-state index in [1.165, 1.54) is 16.7 Å². The molecule has 6 heteroatoms. The number of hydrogen-bond donors (Lipinski definition) is 3. The zero-order valence-electron chi connectivity index (χ0n) is 23.6. The molecule has 0 aliphatic carbocycles. The third kappa shape index (κ3) is 7.97. The van der Waals surface area contributed by atoms with Crippen LogP contribution in [0, 0.1) is 6.92 Å². The first-order valence-corrected chi connectivity index (χ1v) is 13.8. The Morgan fingerprint density at radius 2 is 1.92 bits per heavy atom. The quantitative estimate of drug-likeness (QED) is 0.100. The Bertz CT molecular complexity index is 1250. The SMILES string of the molecule is C=CC/C=C(\C=C/CCCc1ccccc1)C1=C(c2ccc(C)cc2)N2NCC(CNCNN(C)C)=C2N=C1. The molecule has 0 unspecified atom stereocenters. The second-order valence-corrected chi connectivity index (χ2v) is 10.1. The molecule has 0 atom stereocenters. The molecule has 2 heterocycles. The third-order valence-corrected chi connectivity index (χ3v) is 6.75. The number of rotatable bonds is 14. The zero-order valence-corrected chi connectivity index (χ0v) is 23.6. The summed E-state index contributed by atoms with van der Waals surface area (Å²) in [4.78, 5) is 4.96. The van der Waals surface area contributed by atoms with E-state index in [1.807, 2.05) is 31.4 Å². The molecule has 6 nitrogen and oxygen atoms in total. The summed E-state index contributed by atoms with van der Waals surface area (Å²) >= 11 is 0. The summed E-state index contributed by atoms with van der Waals surface area (Å²) in [6.07, 6.45) is 14.8. The van der Waals surface area contributed by atoms with Crippen LogP contribution < -0.4 is 16.2 Å². The van der Waals surface area contributed by atoms with Crippen molar-refractivity contribution in [2.24, 2.45) is 4.99 Å². The second-order valence-electron chi connectivity index (χ2n) is 10.1.